The molecular formula is C14H16BrF2N3O2S. The fourth-order valence-corrected chi connectivity index (χ4v) is 3.04. The number of nitrogens with one attached hydrogen (secondary N) is 3. The predicted molar refractivity (Wildman–Crippen MR) is 88.9 cm³/mol. The summed E-state index contributed by atoms with van der Waals surface area (Å²) in [7, 11) is 1.61. The molecule has 0 heterocycles. The predicted octanol–water partition coefficient (Wildman–Crippen LogP) is 2.21. The lowest BCUT2D eigenvalue weighted by Crippen LogP contribution is -2.60. The highest BCUT2D eigenvalue weighted by Crippen LogP contribution is 2.46. The van der Waals surface area contributed by atoms with Crippen LogP contribution in [0.15, 0.2) is 28.7 Å². The molecule has 0 bridgehead atoms. The minimum Gasteiger partial charge on any atom is -0.364 e. The molecule has 1 aromatic rings. The van der Waals surface area contributed by atoms with Crippen LogP contribution in [0.4, 0.5) is 8.78 Å². The summed E-state index contributed by atoms with van der Waals surface area (Å²) < 4.78 is 30.0. The first-order valence-corrected chi connectivity index (χ1v) is 8.05. The first-order chi connectivity index (χ1) is 10.9. The van der Waals surface area contributed by atoms with Crippen molar-refractivity contribution in [1.29, 1.82) is 0 Å². The maximum atomic E-state index is 12.6. The second kappa shape index (κ2) is 7.50. The van der Waals surface area contributed by atoms with E-state index in [0.717, 1.165) is 10.0 Å². The second-order valence-corrected chi connectivity index (χ2v) is 6.50. The van der Waals surface area contributed by atoms with Crippen LogP contribution in [0.5, 0.6) is 0 Å². The Balaban J connectivity index is 2.16. The van der Waals surface area contributed by atoms with Gasteiger partial charge in [-0.1, -0.05) is 28.1 Å². The zero-order valence-corrected chi connectivity index (χ0v) is 14.6. The third-order valence-corrected chi connectivity index (χ3v) is 4.58. The highest BCUT2D eigenvalue weighted by Gasteiger charge is 2.53. The average Bonchev–Trinajstić information content (AvgIpc) is 2.47. The number of benzene rings is 1. The van der Waals surface area contributed by atoms with Crippen molar-refractivity contribution in [3.8, 4) is 0 Å². The number of thiocarbonyl (C=S) groups is 1. The Bertz CT molecular complexity index is 597. The van der Waals surface area contributed by atoms with Gasteiger partial charge in [0, 0.05) is 11.5 Å². The number of hydrazine groups is 1. The van der Waals surface area contributed by atoms with Crippen LogP contribution in [-0.2, 0) is 14.9 Å². The fourth-order valence-electron chi connectivity index (χ4n) is 2.59. The van der Waals surface area contributed by atoms with E-state index in [4.69, 9.17) is 12.2 Å². The summed E-state index contributed by atoms with van der Waals surface area (Å²) in [5.41, 5.74) is 4.88. The molecule has 1 aliphatic carbocycles. The molecule has 1 aromatic carbocycles. The van der Waals surface area contributed by atoms with Crippen molar-refractivity contribution in [2.45, 2.75) is 31.0 Å². The first-order valence-electron chi connectivity index (χ1n) is 6.85. The second-order valence-electron chi connectivity index (χ2n) is 5.18. The highest BCUT2D eigenvalue weighted by atomic mass is 79.9. The molecule has 3 N–H and O–H groups in total. The van der Waals surface area contributed by atoms with Crippen LogP contribution in [-0.4, -0.2) is 30.8 Å². The molecule has 0 spiro atoms. The normalized spacial score (nSPS) is 23.1. The first kappa shape index (κ1) is 18.0. The standard InChI is InChI=1S/C14H16BrF2N3O2S/c1-18-13(23)20-19-11(21)14(6-10(7-14)22-12(16)17)8-3-2-4-9(15)5-8/h2-5,10,12H,6-7H2,1H3,(H,19,21)(H2,18,20,23). The molecule has 0 aliphatic heterocycles. The van der Waals surface area contributed by atoms with Gasteiger partial charge in [0.2, 0.25) is 5.91 Å². The minimum atomic E-state index is -2.85. The van der Waals surface area contributed by atoms with Crippen LogP contribution in [0.25, 0.3) is 0 Å². The lowest BCUT2D eigenvalue weighted by Gasteiger charge is -2.46. The van der Waals surface area contributed by atoms with E-state index in [0.29, 0.717) is 0 Å². The Morgan fingerprint density at radius 1 is 1.43 bits per heavy atom. The number of amides is 1. The quantitative estimate of drug-likeness (QED) is 0.527. The summed E-state index contributed by atoms with van der Waals surface area (Å²) in [6.45, 7) is -2.85. The zero-order valence-electron chi connectivity index (χ0n) is 12.2. The van der Waals surface area contributed by atoms with E-state index in [1.165, 1.54) is 0 Å². The smallest absolute Gasteiger partial charge is 0.345 e. The van der Waals surface area contributed by atoms with Gasteiger partial charge in [-0.25, -0.2) is 0 Å². The lowest BCUT2D eigenvalue weighted by molar-refractivity contribution is -0.198. The van der Waals surface area contributed by atoms with Crippen LogP contribution in [0.2, 0.25) is 0 Å². The van der Waals surface area contributed by atoms with Crippen LogP contribution >= 0.6 is 28.1 Å². The van der Waals surface area contributed by atoms with E-state index in [-0.39, 0.29) is 23.9 Å². The van der Waals surface area contributed by atoms with Crippen LogP contribution in [0, 0.1) is 0 Å². The van der Waals surface area contributed by atoms with E-state index in [1.807, 2.05) is 6.07 Å². The van der Waals surface area contributed by atoms with Gasteiger partial charge in [0.15, 0.2) is 5.11 Å². The van der Waals surface area contributed by atoms with E-state index in [2.05, 4.69) is 36.8 Å². The topological polar surface area (TPSA) is 62.4 Å². The number of ether oxygens (including phenoxy) is 1. The molecule has 0 unspecified atom stereocenters. The van der Waals surface area contributed by atoms with Crippen LogP contribution in [0.3, 0.4) is 0 Å². The van der Waals surface area contributed by atoms with Crippen LogP contribution in [0.1, 0.15) is 18.4 Å². The van der Waals surface area contributed by atoms with Crippen molar-refractivity contribution in [1.82, 2.24) is 16.2 Å². The van der Waals surface area contributed by atoms with Gasteiger partial charge in [0.05, 0.1) is 11.5 Å². The SMILES string of the molecule is CNC(=S)NNC(=O)C1(c2cccc(Br)c2)CC(OC(F)F)C1. The summed E-state index contributed by atoms with van der Waals surface area (Å²) >= 11 is 8.26. The van der Waals surface area contributed by atoms with Crippen molar-refractivity contribution in [3.63, 3.8) is 0 Å². The van der Waals surface area contributed by atoms with Gasteiger partial charge in [0.25, 0.3) is 0 Å². The maximum absolute atomic E-state index is 12.6. The number of halogens is 3. The lowest BCUT2D eigenvalue weighted by atomic mass is 9.62. The Hall–Kier alpha value is -1.32. The molecule has 2 rings (SSSR count). The van der Waals surface area contributed by atoms with Crippen LogP contribution < -0.4 is 16.2 Å². The summed E-state index contributed by atoms with van der Waals surface area (Å²) in [6.07, 6.45) is -0.308. The van der Waals surface area contributed by atoms with E-state index >= 15 is 0 Å². The van der Waals surface area contributed by atoms with Gasteiger partial charge in [-0.3, -0.25) is 15.6 Å². The molecule has 1 saturated carbocycles. The molecule has 23 heavy (non-hydrogen) atoms. The van der Waals surface area contributed by atoms with Crippen molar-refractivity contribution in [2.75, 3.05) is 7.05 Å². The van der Waals surface area contributed by atoms with Crippen molar-refractivity contribution in [2.24, 2.45) is 0 Å². The zero-order chi connectivity index (χ0) is 17.0. The Morgan fingerprint density at radius 2 is 2.13 bits per heavy atom. The summed E-state index contributed by atoms with van der Waals surface area (Å²) in [6, 6.07) is 7.21. The molecule has 0 saturated heterocycles. The molecule has 0 radical (unpaired) electrons. The van der Waals surface area contributed by atoms with Gasteiger partial charge in [-0.2, -0.15) is 8.78 Å². The third-order valence-electron chi connectivity index (χ3n) is 3.78. The Labute approximate surface area is 146 Å². The molecule has 1 aliphatic rings. The number of carbonyl (C=O) groups is 1. The van der Waals surface area contributed by atoms with Gasteiger partial charge in [-0.05, 0) is 42.8 Å². The number of hydrogen-bond acceptors (Lipinski definition) is 3. The fraction of sp³-hybridized carbons (Fsp3) is 0.429. The Morgan fingerprint density at radius 3 is 2.70 bits per heavy atom. The number of alkyl halides is 2. The van der Waals surface area contributed by atoms with Gasteiger partial charge in [-0.15, -0.1) is 0 Å². The molecular weight excluding hydrogens is 392 g/mol. The molecule has 1 amide bonds. The Kier molecular flexibility index (Phi) is 5.88. The number of carbonyl (C=O) groups excluding carboxylic acids is 1. The van der Waals surface area contributed by atoms with Gasteiger partial charge >= 0.3 is 6.61 Å². The molecule has 5 nitrogen and oxygen atoms in total. The van der Waals surface area contributed by atoms with Crippen molar-refractivity contribution < 1.29 is 18.3 Å². The average molecular weight is 408 g/mol. The van der Waals surface area contributed by atoms with Gasteiger partial charge in [0.1, 0.15) is 0 Å². The molecule has 0 atom stereocenters. The summed E-state index contributed by atoms with van der Waals surface area (Å²) in [5, 5.41) is 2.92. The van der Waals surface area contributed by atoms with E-state index < -0.39 is 18.1 Å². The monoisotopic (exact) mass is 407 g/mol. The third kappa shape index (κ3) is 4.15. The van der Waals surface area contributed by atoms with E-state index in [9.17, 15) is 13.6 Å². The van der Waals surface area contributed by atoms with Crippen molar-refractivity contribution >= 4 is 39.2 Å². The van der Waals surface area contributed by atoms with E-state index in [1.54, 1.807) is 25.2 Å². The summed E-state index contributed by atoms with van der Waals surface area (Å²) in [5.74, 6) is -0.345. The largest absolute Gasteiger partial charge is 0.364 e. The number of rotatable bonds is 4. The van der Waals surface area contributed by atoms with Gasteiger partial charge < -0.3 is 10.1 Å². The molecule has 9 heteroatoms. The maximum Gasteiger partial charge on any atom is 0.345 e. The van der Waals surface area contributed by atoms with Crippen molar-refractivity contribution in [3.05, 3.63) is 34.3 Å². The molecule has 126 valence electrons. The molecule has 1 fully saturated rings. The number of hydrogen-bond donors (Lipinski definition) is 3. The highest BCUT2D eigenvalue weighted by molar-refractivity contribution is 9.10. The molecule has 0 aromatic heterocycles. The summed E-state index contributed by atoms with van der Waals surface area (Å²) in [4.78, 5) is 12.6. The minimum absolute atomic E-state index is 0.174.